The third-order valence-electron chi connectivity index (χ3n) is 3.11. The Hall–Kier alpha value is -2.57. The van der Waals surface area contributed by atoms with Gasteiger partial charge < -0.3 is 9.84 Å². The van der Waals surface area contributed by atoms with Crippen molar-refractivity contribution in [2.75, 3.05) is 12.4 Å². The van der Waals surface area contributed by atoms with Crippen molar-refractivity contribution in [1.82, 2.24) is 9.55 Å². The Morgan fingerprint density at radius 2 is 2.19 bits per heavy atom. The van der Waals surface area contributed by atoms with Crippen LogP contribution >= 0.6 is 0 Å². The van der Waals surface area contributed by atoms with Crippen LogP contribution in [0, 0.1) is 0 Å². The Morgan fingerprint density at radius 3 is 2.81 bits per heavy atom. The van der Waals surface area contributed by atoms with Gasteiger partial charge in [-0.1, -0.05) is 19.4 Å². The number of aryl methyl sites for hydroxylation is 1. The van der Waals surface area contributed by atoms with Gasteiger partial charge in [0, 0.05) is 0 Å². The number of hydrogen-bond donors (Lipinski definition) is 2. The molecule has 0 radical (unpaired) electrons. The quantitative estimate of drug-likeness (QED) is 0.902. The molecular formula is C14H17N3O4. The van der Waals surface area contributed by atoms with Crippen molar-refractivity contribution in [2.45, 2.75) is 26.2 Å². The number of benzene rings is 1. The maximum absolute atomic E-state index is 11.8. The number of nitrogens with zero attached hydrogens (tertiary/aromatic N) is 2. The lowest BCUT2D eigenvalue weighted by Gasteiger charge is -2.05. The molecule has 2 rings (SSSR count). The summed E-state index contributed by atoms with van der Waals surface area (Å²) in [5.41, 5.74) is 2.16. The van der Waals surface area contributed by atoms with Gasteiger partial charge in [0.25, 0.3) is 0 Å². The molecule has 7 nitrogen and oxygen atoms in total. The number of carbonyl (C=O) groups is 2. The number of ether oxygens (including phenoxy) is 1. The highest BCUT2D eigenvalue weighted by molar-refractivity contribution is 5.94. The third kappa shape index (κ3) is 3.13. The van der Waals surface area contributed by atoms with E-state index >= 15 is 0 Å². The number of methoxy groups -OCH3 is 1. The molecule has 1 aromatic heterocycles. The van der Waals surface area contributed by atoms with E-state index in [9.17, 15) is 9.59 Å². The van der Waals surface area contributed by atoms with Gasteiger partial charge >= 0.3 is 12.2 Å². The summed E-state index contributed by atoms with van der Waals surface area (Å²) >= 11 is 0. The van der Waals surface area contributed by atoms with Gasteiger partial charge in [-0.25, -0.2) is 19.1 Å². The van der Waals surface area contributed by atoms with E-state index in [0.717, 1.165) is 29.4 Å². The van der Waals surface area contributed by atoms with Gasteiger partial charge in [-0.15, -0.1) is 0 Å². The number of carboxylic acid groups (broad SMARTS) is 1. The number of imidazole rings is 1. The first kappa shape index (κ1) is 14.8. The fraction of sp³-hybridized carbons (Fsp3) is 0.357. The Kier molecular flexibility index (Phi) is 4.42. The van der Waals surface area contributed by atoms with Crippen molar-refractivity contribution >= 4 is 29.2 Å². The topological polar surface area (TPSA) is 93.5 Å². The smallest absolute Gasteiger partial charge is 0.421 e. The molecule has 1 aromatic carbocycles. The van der Waals surface area contributed by atoms with E-state index in [4.69, 9.17) is 5.11 Å². The van der Waals surface area contributed by atoms with E-state index in [1.54, 1.807) is 6.07 Å². The lowest BCUT2D eigenvalue weighted by molar-refractivity contribution is 0.174. The van der Waals surface area contributed by atoms with Gasteiger partial charge in [0.05, 0.1) is 18.1 Å². The second-order valence-corrected chi connectivity index (χ2v) is 4.60. The van der Waals surface area contributed by atoms with Crippen LogP contribution in [0.5, 0.6) is 0 Å². The summed E-state index contributed by atoms with van der Waals surface area (Å²) < 4.78 is 5.78. The van der Waals surface area contributed by atoms with Crippen molar-refractivity contribution < 1.29 is 19.4 Å². The number of anilines is 1. The molecule has 0 aliphatic rings. The fourth-order valence-corrected chi connectivity index (χ4v) is 2.12. The van der Waals surface area contributed by atoms with Crippen LogP contribution in [-0.4, -0.2) is 34.0 Å². The number of unbranched alkanes of at least 4 members (excludes halogenated alkanes) is 1. The van der Waals surface area contributed by atoms with Crippen molar-refractivity contribution in [1.29, 1.82) is 0 Å². The van der Waals surface area contributed by atoms with Gasteiger partial charge in [-0.05, 0) is 30.5 Å². The number of amides is 1. The molecule has 0 atom stereocenters. The number of hydrogen-bond acceptors (Lipinski definition) is 4. The summed E-state index contributed by atoms with van der Waals surface area (Å²) in [5, 5.41) is 10.9. The van der Waals surface area contributed by atoms with E-state index in [1.807, 2.05) is 12.1 Å². The average Bonchev–Trinajstić information content (AvgIpc) is 2.80. The summed E-state index contributed by atoms with van der Waals surface area (Å²) in [6.45, 7) is 2.11. The van der Waals surface area contributed by atoms with Gasteiger partial charge in [-0.2, -0.15) is 0 Å². The molecule has 0 fully saturated rings. The SMILES string of the molecule is CCCCc1ccc2c(c1)nc(NC(=O)O)n2C(=O)OC. The second kappa shape index (κ2) is 6.25. The molecule has 1 heterocycles. The minimum atomic E-state index is -1.29. The van der Waals surface area contributed by atoms with Crippen molar-refractivity contribution in [3.05, 3.63) is 23.8 Å². The van der Waals surface area contributed by atoms with E-state index in [1.165, 1.54) is 7.11 Å². The zero-order valence-electron chi connectivity index (χ0n) is 11.9. The van der Waals surface area contributed by atoms with Gasteiger partial charge in [0.15, 0.2) is 0 Å². The Morgan fingerprint density at radius 1 is 1.43 bits per heavy atom. The van der Waals surface area contributed by atoms with E-state index in [2.05, 4.69) is 22.0 Å². The number of aromatic nitrogens is 2. The lowest BCUT2D eigenvalue weighted by atomic mass is 10.1. The molecule has 0 saturated carbocycles. The van der Waals surface area contributed by atoms with Crippen LogP contribution < -0.4 is 5.32 Å². The molecule has 0 aliphatic heterocycles. The largest absolute Gasteiger partial charge is 0.465 e. The molecular weight excluding hydrogens is 274 g/mol. The normalized spacial score (nSPS) is 10.6. The summed E-state index contributed by atoms with van der Waals surface area (Å²) in [6.07, 6.45) is 1.08. The minimum absolute atomic E-state index is 0.0722. The van der Waals surface area contributed by atoms with Gasteiger partial charge in [-0.3, -0.25) is 5.32 Å². The Labute approximate surface area is 121 Å². The molecule has 0 unspecified atom stereocenters. The van der Waals surface area contributed by atoms with Crippen LogP contribution in [0.2, 0.25) is 0 Å². The first-order valence-electron chi connectivity index (χ1n) is 6.66. The highest BCUT2D eigenvalue weighted by Crippen LogP contribution is 2.22. The molecule has 2 aromatic rings. The molecule has 7 heteroatoms. The summed E-state index contributed by atoms with van der Waals surface area (Å²) in [7, 11) is 1.23. The molecule has 0 spiro atoms. The van der Waals surface area contributed by atoms with E-state index in [-0.39, 0.29) is 5.95 Å². The minimum Gasteiger partial charge on any atom is -0.465 e. The Bertz CT molecular complexity index is 678. The first-order chi connectivity index (χ1) is 10.1. The molecule has 2 N–H and O–H groups in total. The van der Waals surface area contributed by atoms with Gasteiger partial charge in [0.2, 0.25) is 5.95 Å². The molecule has 21 heavy (non-hydrogen) atoms. The zero-order chi connectivity index (χ0) is 15.4. The van der Waals surface area contributed by atoms with Crippen molar-refractivity contribution in [2.24, 2.45) is 0 Å². The van der Waals surface area contributed by atoms with Crippen LogP contribution in [0.3, 0.4) is 0 Å². The monoisotopic (exact) mass is 291 g/mol. The average molecular weight is 291 g/mol. The highest BCUT2D eigenvalue weighted by atomic mass is 16.5. The summed E-state index contributed by atoms with van der Waals surface area (Å²) in [5.74, 6) is -0.0722. The van der Waals surface area contributed by atoms with Crippen molar-refractivity contribution in [3.8, 4) is 0 Å². The molecule has 0 aliphatic carbocycles. The molecule has 0 saturated heterocycles. The number of rotatable bonds is 4. The lowest BCUT2D eigenvalue weighted by Crippen LogP contribution is -2.18. The molecule has 1 amide bonds. The van der Waals surface area contributed by atoms with Gasteiger partial charge in [0.1, 0.15) is 0 Å². The predicted octanol–water partition coefficient (Wildman–Crippen LogP) is 3.08. The number of fused-ring (bicyclic) bond motifs is 1. The van der Waals surface area contributed by atoms with Crippen LogP contribution in [0.4, 0.5) is 15.5 Å². The van der Waals surface area contributed by atoms with Crippen LogP contribution in [0.15, 0.2) is 18.2 Å². The summed E-state index contributed by atoms with van der Waals surface area (Å²) in [4.78, 5) is 26.8. The maximum atomic E-state index is 11.8. The van der Waals surface area contributed by atoms with E-state index in [0.29, 0.717) is 11.0 Å². The Balaban J connectivity index is 2.50. The fourth-order valence-electron chi connectivity index (χ4n) is 2.12. The first-order valence-corrected chi connectivity index (χ1v) is 6.66. The zero-order valence-corrected chi connectivity index (χ0v) is 11.9. The van der Waals surface area contributed by atoms with Crippen LogP contribution in [-0.2, 0) is 11.2 Å². The maximum Gasteiger partial charge on any atom is 0.421 e. The van der Waals surface area contributed by atoms with Crippen LogP contribution in [0.1, 0.15) is 25.3 Å². The number of carbonyl (C=O) groups excluding carboxylic acids is 1. The second-order valence-electron chi connectivity index (χ2n) is 4.60. The third-order valence-corrected chi connectivity index (χ3v) is 3.11. The van der Waals surface area contributed by atoms with Crippen molar-refractivity contribution in [3.63, 3.8) is 0 Å². The highest BCUT2D eigenvalue weighted by Gasteiger charge is 2.18. The summed E-state index contributed by atoms with van der Waals surface area (Å²) in [6, 6.07) is 5.51. The van der Waals surface area contributed by atoms with E-state index < -0.39 is 12.2 Å². The van der Waals surface area contributed by atoms with Crippen LogP contribution in [0.25, 0.3) is 11.0 Å². The number of nitrogens with one attached hydrogen (secondary N) is 1. The predicted molar refractivity (Wildman–Crippen MR) is 77.8 cm³/mol. The standard InChI is InChI=1S/C14H17N3O4/c1-3-4-5-9-6-7-11-10(8-9)15-12(16-13(18)19)17(11)14(20)21-2/h6-8H,3-5H2,1-2H3,(H,15,16)(H,18,19). The molecule has 0 bridgehead atoms. The molecule has 112 valence electrons.